The lowest BCUT2D eigenvalue weighted by molar-refractivity contribution is -0.162. The molecule has 1 rings (SSSR count). The number of ether oxygens (including phenoxy) is 2. The zero-order chi connectivity index (χ0) is 10.8. The Balaban J connectivity index is 1.79. The summed E-state index contributed by atoms with van der Waals surface area (Å²) < 4.78 is 12.5. The van der Waals surface area contributed by atoms with Gasteiger partial charge in [0, 0.05) is 13.2 Å². The molecule has 0 saturated carbocycles. The first-order valence-electron chi connectivity index (χ1n) is 6.22. The van der Waals surface area contributed by atoms with E-state index in [1.54, 1.807) is 0 Å². The molecular formula is C12H23IO2. The van der Waals surface area contributed by atoms with Gasteiger partial charge in [-0.3, -0.25) is 0 Å². The molecule has 0 radical (unpaired) electrons. The second-order valence-corrected chi connectivity index (χ2v) is 5.20. The van der Waals surface area contributed by atoms with Crippen LogP contribution in [0.3, 0.4) is 0 Å². The van der Waals surface area contributed by atoms with Crippen LogP contribution in [0.25, 0.3) is 0 Å². The predicted molar refractivity (Wildman–Crippen MR) is 71.5 cm³/mol. The van der Waals surface area contributed by atoms with Gasteiger partial charge in [0.2, 0.25) is 0 Å². The highest BCUT2D eigenvalue weighted by Gasteiger charge is 2.12. The first kappa shape index (κ1) is 13.7. The van der Waals surface area contributed by atoms with Gasteiger partial charge in [0.05, 0.1) is 0 Å². The lowest BCUT2D eigenvalue weighted by Gasteiger charge is -2.22. The van der Waals surface area contributed by atoms with Crippen LogP contribution in [0.15, 0.2) is 0 Å². The molecule has 1 aliphatic rings. The van der Waals surface area contributed by atoms with E-state index in [4.69, 9.17) is 9.47 Å². The van der Waals surface area contributed by atoms with Crippen molar-refractivity contribution in [2.24, 2.45) is 0 Å². The van der Waals surface area contributed by atoms with Crippen LogP contribution in [-0.4, -0.2) is 23.9 Å². The van der Waals surface area contributed by atoms with E-state index < -0.39 is 0 Å². The van der Waals surface area contributed by atoms with Crippen LogP contribution in [-0.2, 0) is 9.47 Å². The van der Waals surface area contributed by atoms with Crippen LogP contribution in [0.2, 0.25) is 0 Å². The fourth-order valence-corrected chi connectivity index (χ4v) is 2.32. The molecule has 2 nitrogen and oxygen atoms in total. The van der Waals surface area contributed by atoms with E-state index in [1.165, 1.54) is 49.4 Å². The van der Waals surface area contributed by atoms with Crippen molar-refractivity contribution in [3.63, 3.8) is 0 Å². The molecule has 0 spiro atoms. The zero-order valence-corrected chi connectivity index (χ0v) is 11.7. The fraction of sp³-hybridized carbons (Fsp3) is 1.00. The standard InChI is InChI=1S/C12H23IO2/c13-9-5-2-1-3-6-10-14-12-8-4-7-11-15-12/h12H,1-11H2. The average Bonchev–Trinajstić information content (AvgIpc) is 2.29. The van der Waals surface area contributed by atoms with Crippen molar-refractivity contribution in [3.05, 3.63) is 0 Å². The van der Waals surface area contributed by atoms with Gasteiger partial charge in [-0.15, -0.1) is 0 Å². The Morgan fingerprint density at radius 2 is 1.87 bits per heavy atom. The SMILES string of the molecule is ICCCCCCCOC1CCCCO1. The Hall–Kier alpha value is 0.650. The Bertz CT molecular complexity index is 136. The highest BCUT2D eigenvalue weighted by molar-refractivity contribution is 14.1. The monoisotopic (exact) mass is 326 g/mol. The van der Waals surface area contributed by atoms with E-state index in [2.05, 4.69) is 22.6 Å². The summed E-state index contributed by atoms with van der Waals surface area (Å²) >= 11 is 2.44. The summed E-state index contributed by atoms with van der Waals surface area (Å²) in [7, 11) is 0. The largest absolute Gasteiger partial charge is 0.353 e. The van der Waals surface area contributed by atoms with Gasteiger partial charge < -0.3 is 9.47 Å². The predicted octanol–water partition coefficient (Wildman–Crippen LogP) is 3.92. The lowest BCUT2D eigenvalue weighted by Crippen LogP contribution is -2.22. The van der Waals surface area contributed by atoms with E-state index in [0.29, 0.717) is 0 Å². The summed E-state index contributed by atoms with van der Waals surface area (Å²) in [6.45, 7) is 1.77. The van der Waals surface area contributed by atoms with Gasteiger partial charge >= 0.3 is 0 Å². The number of unbranched alkanes of at least 4 members (excludes halogenated alkanes) is 4. The summed E-state index contributed by atoms with van der Waals surface area (Å²) in [4.78, 5) is 0. The topological polar surface area (TPSA) is 18.5 Å². The fourth-order valence-electron chi connectivity index (χ4n) is 1.78. The van der Waals surface area contributed by atoms with Crippen LogP contribution >= 0.6 is 22.6 Å². The van der Waals surface area contributed by atoms with Crippen molar-refractivity contribution < 1.29 is 9.47 Å². The molecule has 1 heterocycles. The van der Waals surface area contributed by atoms with E-state index in [-0.39, 0.29) is 6.29 Å². The molecule has 1 atom stereocenters. The van der Waals surface area contributed by atoms with Crippen molar-refractivity contribution in [3.8, 4) is 0 Å². The Labute approximate surface area is 107 Å². The molecule has 0 amide bonds. The van der Waals surface area contributed by atoms with Gasteiger partial charge in [0.25, 0.3) is 0 Å². The molecule has 0 aromatic rings. The maximum atomic E-state index is 5.67. The Morgan fingerprint density at radius 3 is 2.60 bits per heavy atom. The number of hydrogen-bond donors (Lipinski definition) is 0. The van der Waals surface area contributed by atoms with Crippen LogP contribution in [0.1, 0.15) is 51.4 Å². The Kier molecular flexibility index (Phi) is 9.00. The molecule has 0 aromatic heterocycles. The molecule has 0 bridgehead atoms. The van der Waals surface area contributed by atoms with E-state index in [9.17, 15) is 0 Å². The second kappa shape index (κ2) is 9.85. The molecule has 1 aliphatic heterocycles. The van der Waals surface area contributed by atoms with E-state index >= 15 is 0 Å². The van der Waals surface area contributed by atoms with Crippen LogP contribution < -0.4 is 0 Å². The zero-order valence-electron chi connectivity index (χ0n) is 9.55. The molecule has 1 saturated heterocycles. The summed E-state index contributed by atoms with van der Waals surface area (Å²) in [6, 6.07) is 0. The molecule has 0 N–H and O–H groups in total. The number of rotatable bonds is 8. The minimum absolute atomic E-state index is 0.105. The van der Waals surface area contributed by atoms with Gasteiger partial charge in [0.1, 0.15) is 0 Å². The van der Waals surface area contributed by atoms with Crippen LogP contribution in [0, 0.1) is 0 Å². The molecule has 15 heavy (non-hydrogen) atoms. The minimum atomic E-state index is 0.105. The minimum Gasteiger partial charge on any atom is -0.353 e. The van der Waals surface area contributed by atoms with Crippen molar-refractivity contribution >= 4 is 22.6 Å². The third kappa shape index (κ3) is 7.53. The molecular weight excluding hydrogens is 303 g/mol. The van der Waals surface area contributed by atoms with Gasteiger partial charge in [-0.25, -0.2) is 0 Å². The van der Waals surface area contributed by atoms with Crippen LogP contribution in [0.4, 0.5) is 0 Å². The summed E-state index contributed by atoms with van der Waals surface area (Å²) in [6.07, 6.45) is 10.3. The summed E-state index contributed by atoms with van der Waals surface area (Å²) in [5, 5.41) is 0. The first-order chi connectivity index (χ1) is 7.43. The molecule has 1 unspecified atom stereocenters. The summed E-state index contributed by atoms with van der Waals surface area (Å²) in [5.74, 6) is 0. The Morgan fingerprint density at radius 1 is 1.07 bits per heavy atom. The molecule has 0 aromatic carbocycles. The quantitative estimate of drug-likeness (QED) is 0.382. The van der Waals surface area contributed by atoms with Gasteiger partial charge in [0.15, 0.2) is 6.29 Å². The molecule has 1 fully saturated rings. The maximum absolute atomic E-state index is 5.67. The van der Waals surface area contributed by atoms with Gasteiger partial charge in [-0.05, 0) is 36.5 Å². The van der Waals surface area contributed by atoms with Gasteiger partial charge in [-0.1, -0.05) is 41.9 Å². The van der Waals surface area contributed by atoms with Gasteiger partial charge in [-0.2, -0.15) is 0 Å². The molecule has 90 valence electrons. The summed E-state index contributed by atoms with van der Waals surface area (Å²) in [5.41, 5.74) is 0. The lowest BCUT2D eigenvalue weighted by atomic mass is 10.2. The number of alkyl halides is 1. The second-order valence-electron chi connectivity index (χ2n) is 4.12. The van der Waals surface area contributed by atoms with E-state index in [1.807, 2.05) is 0 Å². The maximum Gasteiger partial charge on any atom is 0.157 e. The highest BCUT2D eigenvalue weighted by Crippen LogP contribution is 2.14. The first-order valence-corrected chi connectivity index (χ1v) is 7.75. The van der Waals surface area contributed by atoms with E-state index in [0.717, 1.165) is 19.6 Å². The average molecular weight is 326 g/mol. The highest BCUT2D eigenvalue weighted by atomic mass is 127. The number of hydrogen-bond acceptors (Lipinski definition) is 2. The molecule has 3 heteroatoms. The van der Waals surface area contributed by atoms with Crippen molar-refractivity contribution in [1.82, 2.24) is 0 Å². The third-order valence-electron chi connectivity index (χ3n) is 2.72. The third-order valence-corrected chi connectivity index (χ3v) is 3.48. The van der Waals surface area contributed by atoms with Crippen molar-refractivity contribution in [1.29, 1.82) is 0 Å². The normalized spacial score (nSPS) is 21.8. The smallest absolute Gasteiger partial charge is 0.157 e. The number of halogens is 1. The molecule has 0 aliphatic carbocycles. The van der Waals surface area contributed by atoms with Crippen molar-refractivity contribution in [2.75, 3.05) is 17.6 Å². The van der Waals surface area contributed by atoms with Crippen molar-refractivity contribution in [2.45, 2.75) is 57.7 Å². The van der Waals surface area contributed by atoms with Crippen LogP contribution in [0.5, 0.6) is 0 Å².